The van der Waals surface area contributed by atoms with Gasteiger partial charge in [0.2, 0.25) is 0 Å². The van der Waals surface area contributed by atoms with Crippen LogP contribution >= 0.6 is 7.92 Å². The summed E-state index contributed by atoms with van der Waals surface area (Å²) in [6.07, 6.45) is 0.569. The molecule has 0 heterocycles. The molecule has 24 heavy (non-hydrogen) atoms. The quantitative estimate of drug-likeness (QED) is 0.590. The van der Waals surface area contributed by atoms with Gasteiger partial charge in [0.1, 0.15) is 5.78 Å². The van der Waals surface area contributed by atoms with Crippen LogP contribution in [0.25, 0.3) is 0 Å². The fraction of sp³-hybridized carbons (Fsp3) is 0.136. The lowest BCUT2D eigenvalue weighted by Crippen LogP contribution is -2.18. The highest BCUT2D eigenvalue weighted by Gasteiger charge is 2.27. The fourth-order valence-electron chi connectivity index (χ4n) is 2.99. The van der Waals surface area contributed by atoms with Gasteiger partial charge in [0.15, 0.2) is 0 Å². The molecule has 0 aliphatic heterocycles. The predicted octanol–water partition coefficient (Wildman–Crippen LogP) is 4.84. The number of carbonyl (C=O) groups excluding carboxylic acids is 1. The topological polar surface area (TPSA) is 17.1 Å². The maximum absolute atomic E-state index is 12.0. The first-order chi connectivity index (χ1) is 11.8. The van der Waals surface area contributed by atoms with Crippen molar-refractivity contribution < 1.29 is 4.79 Å². The summed E-state index contributed by atoms with van der Waals surface area (Å²) in [5.41, 5.74) is 1.44. The number of hydrogen-bond acceptors (Lipinski definition) is 1. The molecular weight excluding hydrogens is 311 g/mol. The Kier molecular flexibility index (Phi) is 5.56. The van der Waals surface area contributed by atoms with Crippen LogP contribution < -0.4 is 10.6 Å². The summed E-state index contributed by atoms with van der Waals surface area (Å²) in [6, 6.07) is 31.6. The summed E-state index contributed by atoms with van der Waals surface area (Å²) >= 11 is 0. The molecule has 0 aliphatic rings. The van der Waals surface area contributed by atoms with Crippen molar-refractivity contribution in [2.24, 2.45) is 0 Å². The van der Waals surface area contributed by atoms with Crippen LogP contribution in [0, 0.1) is 0 Å². The monoisotopic (exact) mass is 332 g/mol. The Hall–Kier alpha value is -2.24. The average molecular weight is 332 g/mol. The number of ketones is 1. The number of rotatable bonds is 6. The Morgan fingerprint density at radius 3 is 1.58 bits per heavy atom. The minimum absolute atomic E-state index is 0.198. The second-order valence-electron chi connectivity index (χ2n) is 5.87. The van der Waals surface area contributed by atoms with Crippen molar-refractivity contribution in [1.82, 2.24) is 0 Å². The van der Waals surface area contributed by atoms with Gasteiger partial charge in [-0.2, -0.15) is 0 Å². The van der Waals surface area contributed by atoms with Crippen molar-refractivity contribution in [2.75, 3.05) is 0 Å². The second-order valence-corrected chi connectivity index (χ2v) is 8.27. The lowest BCUT2D eigenvalue weighted by Gasteiger charge is -2.28. The smallest absolute Gasteiger partial charge is 0.130 e. The van der Waals surface area contributed by atoms with E-state index in [-0.39, 0.29) is 11.4 Å². The van der Waals surface area contributed by atoms with Crippen molar-refractivity contribution in [3.8, 4) is 0 Å². The zero-order valence-corrected chi connectivity index (χ0v) is 14.7. The highest BCUT2D eigenvalue weighted by atomic mass is 31.1. The van der Waals surface area contributed by atoms with Gasteiger partial charge in [0, 0.05) is 12.1 Å². The van der Waals surface area contributed by atoms with E-state index in [0.29, 0.717) is 6.42 Å². The van der Waals surface area contributed by atoms with Gasteiger partial charge in [-0.25, -0.2) is 0 Å². The van der Waals surface area contributed by atoms with Gasteiger partial charge in [0.25, 0.3) is 0 Å². The lowest BCUT2D eigenvalue weighted by molar-refractivity contribution is -0.117. The van der Waals surface area contributed by atoms with Crippen LogP contribution in [0.3, 0.4) is 0 Å². The third-order valence-electron chi connectivity index (χ3n) is 4.05. The summed E-state index contributed by atoms with van der Waals surface area (Å²) in [5, 5.41) is 2.63. The van der Waals surface area contributed by atoms with Crippen LogP contribution in [-0.4, -0.2) is 5.78 Å². The zero-order valence-electron chi connectivity index (χ0n) is 13.8. The lowest BCUT2D eigenvalue weighted by atomic mass is 10.1. The highest BCUT2D eigenvalue weighted by Crippen LogP contribution is 2.51. The molecule has 3 aromatic carbocycles. The zero-order chi connectivity index (χ0) is 16.8. The minimum Gasteiger partial charge on any atom is -0.300 e. The molecule has 0 saturated carbocycles. The van der Waals surface area contributed by atoms with Crippen LogP contribution in [-0.2, 0) is 4.79 Å². The molecule has 2 heteroatoms. The molecule has 0 aromatic heterocycles. The van der Waals surface area contributed by atoms with Crippen molar-refractivity contribution in [3.63, 3.8) is 0 Å². The summed E-state index contributed by atoms with van der Waals surface area (Å²) in [4.78, 5) is 12.0. The third-order valence-corrected chi connectivity index (χ3v) is 6.86. The van der Waals surface area contributed by atoms with E-state index in [0.717, 1.165) is 0 Å². The molecule has 0 aliphatic carbocycles. The molecular formula is C22H21OP. The molecule has 1 atom stereocenters. The maximum Gasteiger partial charge on any atom is 0.130 e. The van der Waals surface area contributed by atoms with Crippen molar-refractivity contribution in [2.45, 2.75) is 19.0 Å². The van der Waals surface area contributed by atoms with Crippen molar-refractivity contribution in [1.29, 1.82) is 0 Å². The van der Waals surface area contributed by atoms with E-state index < -0.39 is 7.92 Å². The fourth-order valence-corrected chi connectivity index (χ4v) is 5.91. The molecule has 0 saturated heterocycles. The van der Waals surface area contributed by atoms with Gasteiger partial charge >= 0.3 is 0 Å². The van der Waals surface area contributed by atoms with Gasteiger partial charge in [-0.3, -0.25) is 4.79 Å². The molecule has 0 bridgehead atoms. The Bertz CT molecular complexity index is 729. The SMILES string of the molecule is CC(=O)CC(c1ccccc1)P(c1ccccc1)c1ccccc1. The normalized spacial score (nSPS) is 12.1. The molecule has 3 rings (SSSR count). The second kappa shape index (κ2) is 8.04. The molecule has 3 aromatic rings. The molecule has 0 radical (unpaired) electrons. The first kappa shape index (κ1) is 16.6. The van der Waals surface area contributed by atoms with E-state index in [2.05, 4.69) is 72.8 Å². The summed E-state index contributed by atoms with van der Waals surface area (Å²) < 4.78 is 0. The van der Waals surface area contributed by atoms with Gasteiger partial charge in [0.05, 0.1) is 0 Å². The Morgan fingerprint density at radius 2 is 1.17 bits per heavy atom. The molecule has 0 N–H and O–H groups in total. The van der Waals surface area contributed by atoms with Crippen LogP contribution in [0.5, 0.6) is 0 Å². The molecule has 120 valence electrons. The van der Waals surface area contributed by atoms with E-state index in [4.69, 9.17) is 0 Å². The summed E-state index contributed by atoms with van der Waals surface area (Å²) in [6.45, 7) is 1.69. The van der Waals surface area contributed by atoms with Gasteiger partial charge in [-0.15, -0.1) is 0 Å². The number of hydrogen-bond donors (Lipinski definition) is 0. The Balaban J connectivity index is 2.12. The van der Waals surface area contributed by atoms with Crippen LogP contribution in [0.15, 0.2) is 91.0 Å². The standard InChI is InChI=1S/C22H21OP/c1-18(23)17-22(19-11-5-2-6-12-19)24(20-13-7-3-8-14-20)21-15-9-4-10-16-21/h2-16,22H,17H2,1H3. The van der Waals surface area contributed by atoms with E-state index >= 15 is 0 Å². The Labute approximate surface area is 145 Å². The molecule has 0 amide bonds. The molecule has 0 spiro atoms. The molecule has 1 nitrogen and oxygen atoms in total. The van der Waals surface area contributed by atoms with Crippen LogP contribution in [0.1, 0.15) is 24.6 Å². The summed E-state index contributed by atoms with van der Waals surface area (Å²) in [7, 11) is -0.644. The third kappa shape index (κ3) is 3.99. The van der Waals surface area contributed by atoms with E-state index in [1.165, 1.54) is 16.2 Å². The average Bonchev–Trinajstić information content (AvgIpc) is 2.63. The number of carbonyl (C=O) groups is 1. The number of benzene rings is 3. The first-order valence-corrected chi connectivity index (χ1v) is 9.60. The minimum atomic E-state index is -0.644. The first-order valence-electron chi connectivity index (χ1n) is 8.19. The highest BCUT2D eigenvalue weighted by molar-refractivity contribution is 7.73. The maximum atomic E-state index is 12.0. The number of Topliss-reactive ketones (excluding diaryl/α,β-unsaturated/α-hetero) is 1. The van der Waals surface area contributed by atoms with Crippen molar-refractivity contribution >= 4 is 24.3 Å². The molecule has 1 unspecified atom stereocenters. The van der Waals surface area contributed by atoms with E-state index in [9.17, 15) is 4.79 Å². The Morgan fingerprint density at radius 1 is 0.750 bits per heavy atom. The van der Waals surface area contributed by atoms with Gasteiger partial charge in [-0.1, -0.05) is 91.0 Å². The van der Waals surface area contributed by atoms with Crippen molar-refractivity contribution in [3.05, 3.63) is 96.6 Å². The summed E-state index contributed by atoms with van der Waals surface area (Å²) in [5.74, 6) is 0.239. The van der Waals surface area contributed by atoms with Gasteiger partial charge in [-0.05, 0) is 31.0 Å². The van der Waals surface area contributed by atoms with E-state index in [1.54, 1.807) is 6.92 Å². The van der Waals surface area contributed by atoms with Crippen LogP contribution in [0.2, 0.25) is 0 Å². The van der Waals surface area contributed by atoms with Crippen LogP contribution in [0.4, 0.5) is 0 Å². The predicted molar refractivity (Wildman–Crippen MR) is 104 cm³/mol. The molecule has 0 fully saturated rings. The van der Waals surface area contributed by atoms with Gasteiger partial charge < -0.3 is 0 Å². The largest absolute Gasteiger partial charge is 0.300 e. The van der Waals surface area contributed by atoms with E-state index in [1.807, 2.05) is 18.2 Å².